The maximum atomic E-state index is 12.8. The lowest BCUT2D eigenvalue weighted by Crippen LogP contribution is -2.50. The Bertz CT molecular complexity index is 1020. The van der Waals surface area contributed by atoms with Gasteiger partial charge in [0.1, 0.15) is 5.75 Å². The van der Waals surface area contributed by atoms with Gasteiger partial charge in [0, 0.05) is 32.6 Å². The Hall–Kier alpha value is -2.59. The van der Waals surface area contributed by atoms with Gasteiger partial charge in [0.2, 0.25) is 15.9 Å². The molecule has 1 fully saturated rings. The molecule has 1 aliphatic rings. The molecule has 2 aromatic rings. The van der Waals surface area contributed by atoms with E-state index in [1.807, 2.05) is 31.2 Å². The van der Waals surface area contributed by atoms with Crippen molar-refractivity contribution >= 4 is 15.9 Å². The number of aryl methyl sites for hydroxylation is 2. The van der Waals surface area contributed by atoms with Crippen molar-refractivity contribution in [3.63, 3.8) is 0 Å². The second kappa shape index (κ2) is 9.27. The molecule has 0 spiro atoms. The first kappa shape index (κ1) is 23.1. The molecule has 31 heavy (non-hydrogen) atoms. The molecule has 0 aromatic heterocycles. The lowest BCUT2D eigenvalue weighted by molar-refractivity contribution is -0.274. The molecule has 168 valence electrons. The van der Waals surface area contributed by atoms with Gasteiger partial charge in [-0.05, 0) is 43.2 Å². The van der Waals surface area contributed by atoms with Crippen molar-refractivity contribution in [3.05, 3.63) is 59.7 Å². The zero-order valence-electron chi connectivity index (χ0n) is 16.9. The Balaban J connectivity index is 1.55. The lowest BCUT2D eigenvalue weighted by Gasteiger charge is -2.34. The third-order valence-electron chi connectivity index (χ3n) is 5.00. The molecule has 0 aliphatic carbocycles. The van der Waals surface area contributed by atoms with Gasteiger partial charge in [-0.25, -0.2) is 8.42 Å². The maximum absolute atomic E-state index is 12.8. The molecular formula is C21H23F3N2O4S. The number of sulfonamides is 1. The third-order valence-corrected chi connectivity index (χ3v) is 6.91. The minimum Gasteiger partial charge on any atom is -0.406 e. The van der Waals surface area contributed by atoms with Crippen LogP contribution in [0.4, 0.5) is 13.2 Å². The summed E-state index contributed by atoms with van der Waals surface area (Å²) in [6.45, 7) is 2.77. The number of benzene rings is 2. The van der Waals surface area contributed by atoms with Gasteiger partial charge >= 0.3 is 6.36 Å². The largest absolute Gasteiger partial charge is 0.573 e. The highest BCUT2D eigenvalue weighted by Crippen LogP contribution is 2.25. The molecule has 6 nitrogen and oxygen atoms in total. The lowest BCUT2D eigenvalue weighted by atomic mass is 10.1. The van der Waals surface area contributed by atoms with Crippen molar-refractivity contribution in [2.45, 2.75) is 31.0 Å². The number of hydrogen-bond acceptors (Lipinski definition) is 4. The van der Waals surface area contributed by atoms with Gasteiger partial charge in [0.15, 0.2) is 0 Å². The van der Waals surface area contributed by atoms with E-state index in [2.05, 4.69) is 4.74 Å². The average Bonchev–Trinajstić information content (AvgIpc) is 2.71. The van der Waals surface area contributed by atoms with Crippen LogP contribution in [-0.4, -0.2) is 56.1 Å². The first-order valence-corrected chi connectivity index (χ1v) is 11.2. The molecule has 1 heterocycles. The SMILES string of the molecule is Cc1cccc(CCC(=O)N2CCN(S(=O)(=O)c3ccc(OC(F)(F)F)cc3)CC2)c1. The summed E-state index contributed by atoms with van der Waals surface area (Å²) >= 11 is 0. The molecule has 10 heteroatoms. The van der Waals surface area contributed by atoms with E-state index in [-0.39, 0.29) is 37.0 Å². The van der Waals surface area contributed by atoms with Crippen molar-refractivity contribution in [1.82, 2.24) is 9.21 Å². The number of amides is 1. The van der Waals surface area contributed by atoms with Crippen LogP contribution in [0.3, 0.4) is 0 Å². The summed E-state index contributed by atoms with van der Waals surface area (Å²) in [5, 5.41) is 0. The number of hydrogen-bond donors (Lipinski definition) is 0. The molecule has 0 N–H and O–H groups in total. The smallest absolute Gasteiger partial charge is 0.406 e. The number of halogens is 3. The fraction of sp³-hybridized carbons (Fsp3) is 0.381. The maximum Gasteiger partial charge on any atom is 0.573 e. The highest BCUT2D eigenvalue weighted by atomic mass is 32.2. The molecule has 0 unspecified atom stereocenters. The van der Waals surface area contributed by atoms with Gasteiger partial charge < -0.3 is 9.64 Å². The van der Waals surface area contributed by atoms with Crippen LogP contribution in [0, 0.1) is 6.92 Å². The first-order valence-electron chi connectivity index (χ1n) is 9.74. The topological polar surface area (TPSA) is 66.9 Å². The molecule has 2 aromatic carbocycles. The molecule has 0 bridgehead atoms. The van der Waals surface area contributed by atoms with Crippen LogP contribution < -0.4 is 4.74 Å². The van der Waals surface area contributed by atoms with Crippen molar-refractivity contribution in [1.29, 1.82) is 0 Å². The Morgan fingerprint density at radius 1 is 1.03 bits per heavy atom. The predicted molar refractivity (Wildman–Crippen MR) is 108 cm³/mol. The van der Waals surface area contributed by atoms with Crippen LogP contribution in [0.2, 0.25) is 0 Å². The molecule has 0 radical (unpaired) electrons. The summed E-state index contributed by atoms with van der Waals surface area (Å²) in [6.07, 6.45) is -3.88. The fourth-order valence-electron chi connectivity index (χ4n) is 3.42. The third kappa shape index (κ3) is 6.20. The van der Waals surface area contributed by atoms with Crippen molar-refractivity contribution < 1.29 is 31.1 Å². The molecule has 3 rings (SSSR count). The van der Waals surface area contributed by atoms with Gasteiger partial charge in [0.05, 0.1) is 4.90 Å². The second-order valence-corrected chi connectivity index (χ2v) is 9.23. The standard InChI is InChI=1S/C21H23F3N2O4S/c1-16-3-2-4-17(15-16)5-10-20(27)25-11-13-26(14-12-25)31(28,29)19-8-6-18(7-9-19)30-21(22,23)24/h2-4,6-9,15H,5,10-14H2,1H3. The number of ether oxygens (including phenoxy) is 1. The monoisotopic (exact) mass is 456 g/mol. The first-order chi connectivity index (χ1) is 14.5. The zero-order chi connectivity index (χ0) is 22.6. The summed E-state index contributed by atoms with van der Waals surface area (Å²) in [4.78, 5) is 14.0. The van der Waals surface area contributed by atoms with Gasteiger partial charge in [-0.2, -0.15) is 4.31 Å². The minimum absolute atomic E-state index is 0.0350. The number of rotatable bonds is 6. The van der Waals surface area contributed by atoms with Crippen LogP contribution in [-0.2, 0) is 21.2 Å². The van der Waals surface area contributed by atoms with E-state index in [0.717, 1.165) is 35.4 Å². The van der Waals surface area contributed by atoms with Gasteiger partial charge in [-0.1, -0.05) is 29.8 Å². The van der Waals surface area contributed by atoms with E-state index < -0.39 is 22.1 Å². The number of alkyl halides is 3. The van der Waals surface area contributed by atoms with Crippen LogP contribution in [0.1, 0.15) is 17.5 Å². The average molecular weight is 456 g/mol. The van der Waals surface area contributed by atoms with Crippen LogP contribution in [0.25, 0.3) is 0 Å². The van der Waals surface area contributed by atoms with E-state index in [9.17, 15) is 26.4 Å². The van der Waals surface area contributed by atoms with E-state index in [0.29, 0.717) is 12.8 Å². The Morgan fingerprint density at radius 2 is 1.68 bits per heavy atom. The quantitative estimate of drug-likeness (QED) is 0.669. The highest BCUT2D eigenvalue weighted by Gasteiger charge is 2.32. The Kier molecular flexibility index (Phi) is 6.90. The number of carbonyl (C=O) groups excluding carboxylic acids is 1. The minimum atomic E-state index is -4.84. The van der Waals surface area contributed by atoms with Crippen molar-refractivity contribution in [2.24, 2.45) is 0 Å². The van der Waals surface area contributed by atoms with Gasteiger partial charge in [-0.15, -0.1) is 13.2 Å². The summed E-state index contributed by atoms with van der Waals surface area (Å²) in [5.74, 6) is -0.525. The van der Waals surface area contributed by atoms with Crippen LogP contribution in [0.5, 0.6) is 5.75 Å². The number of piperazine rings is 1. The summed E-state index contributed by atoms with van der Waals surface area (Å²) in [6, 6.07) is 12.0. The molecule has 1 aliphatic heterocycles. The number of carbonyl (C=O) groups is 1. The van der Waals surface area contributed by atoms with Gasteiger partial charge in [-0.3, -0.25) is 4.79 Å². The van der Waals surface area contributed by atoms with Crippen molar-refractivity contribution in [2.75, 3.05) is 26.2 Å². The summed E-state index contributed by atoms with van der Waals surface area (Å²) in [7, 11) is -3.87. The Morgan fingerprint density at radius 3 is 2.26 bits per heavy atom. The molecule has 1 amide bonds. The summed E-state index contributed by atoms with van der Waals surface area (Å²) < 4.78 is 67.3. The Labute approximate surface area is 179 Å². The molecule has 0 saturated carbocycles. The van der Waals surface area contributed by atoms with E-state index in [4.69, 9.17) is 0 Å². The van der Waals surface area contributed by atoms with Crippen LogP contribution in [0.15, 0.2) is 53.4 Å². The number of nitrogens with zero attached hydrogens (tertiary/aromatic N) is 2. The van der Waals surface area contributed by atoms with E-state index >= 15 is 0 Å². The molecule has 0 atom stereocenters. The van der Waals surface area contributed by atoms with Crippen molar-refractivity contribution in [3.8, 4) is 5.75 Å². The fourth-order valence-corrected chi connectivity index (χ4v) is 4.84. The van der Waals surface area contributed by atoms with Crippen LogP contribution >= 0.6 is 0 Å². The highest BCUT2D eigenvalue weighted by molar-refractivity contribution is 7.89. The summed E-state index contributed by atoms with van der Waals surface area (Å²) in [5.41, 5.74) is 2.20. The van der Waals surface area contributed by atoms with E-state index in [1.54, 1.807) is 4.90 Å². The molecular weight excluding hydrogens is 433 g/mol. The van der Waals surface area contributed by atoms with Gasteiger partial charge in [0.25, 0.3) is 0 Å². The molecule has 1 saturated heterocycles. The normalized spacial score (nSPS) is 15.7. The predicted octanol–water partition coefficient (Wildman–Crippen LogP) is 3.36. The van der Waals surface area contributed by atoms with E-state index in [1.165, 1.54) is 4.31 Å². The second-order valence-electron chi connectivity index (χ2n) is 7.29. The zero-order valence-corrected chi connectivity index (χ0v) is 17.7.